The molecule has 0 saturated heterocycles. The number of hydrogen-bond acceptors (Lipinski definition) is 4. The van der Waals surface area contributed by atoms with E-state index >= 15 is 0 Å². The Hall–Kier alpha value is -1.00. The van der Waals surface area contributed by atoms with Gasteiger partial charge in [-0.15, -0.1) is 0 Å². The van der Waals surface area contributed by atoms with Gasteiger partial charge in [-0.1, -0.05) is 0 Å². The van der Waals surface area contributed by atoms with Crippen LogP contribution in [-0.2, 0) is 4.74 Å². The van der Waals surface area contributed by atoms with Gasteiger partial charge in [0.25, 0.3) is 0 Å². The van der Waals surface area contributed by atoms with Gasteiger partial charge in [-0.2, -0.15) is 0 Å². The molecular formula is C12H21N3O. The Labute approximate surface area is 97.5 Å². The van der Waals surface area contributed by atoms with Crippen molar-refractivity contribution < 1.29 is 4.74 Å². The fourth-order valence-electron chi connectivity index (χ4n) is 1.63. The van der Waals surface area contributed by atoms with Crippen LogP contribution in [0.25, 0.3) is 0 Å². The quantitative estimate of drug-likeness (QED) is 0.799. The van der Waals surface area contributed by atoms with Gasteiger partial charge in [0.05, 0.1) is 17.5 Å². The summed E-state index contributed by atoms with van der Waals surface area (Å²) in [6.45, 7) is 9.72. The molecule has 0 aliphatic rings. The lowest BCUT2D eigenvalue weighted by molar-refractivity contribution is 0.0742. The highest BCUT2D eigenvalue weighted by atomic mass is 16.5. The van der Waals surface area contributed by atoms with E-state index in [0.29, 0.717) is 0 Å². The van der Waals surface area contributed by atoms with E-state index in [2.05, 4.69) is 29.1 Å². The summed E-state index contributed by atoms with van der Waals surface area (Å²) in [7, 11) is 0. The summed E-state index contributed by atoms with van der Waals surface area (Å²) in [6, 6.07) is 0.205. The van der Waals surface area contributed by atoms with Gasteiger partial charge in [-0.3, -0.25) is 9.97 Å². The van der Waals surface area contributed by atoms with Crippen LogP contribution in [0.1, 0.15) is 38.2 Å². The number of nitrogens with one attached hydrogen (secondary N) is 1. The molecule has 0 aliphatic heterocycles. The highest BCUT2D eigenvalue weighted by molar-refractivity contribution is 5.12. The van der Waals surface area contributed by atoms with Crippen molar-refractivity contribution in [3.05, 3.63) is 23.8 Å². The van der Waals surface area contributed by atoms with Crippen LogP contribution in [-0.4, -0.2) is 29.2 Å². The first-order valence-electron chi connectivity index (χ1n) is 5.77. The topological polar surface area (TPSA) is 47.0 Å². The second-order valence-corrected chi connectivity index (χ2v) is 3.92. The lowest BCUT2D eigenvalue weighted by atomic mass is 10.2. The van der Waals surface area contributed by atoms with Gasteiger partial charge in [0, 0.05) is 31.6 Å². The number of nitrogens with zero attached hydrogens (tertiary/aromatic N) is 2. The molecule has 0 saturated carbocycles. The normalized spacial score (nSPS) is 14.8. The second-order valence-electron chi connectivity index (χ2n) is 3.92. The molecule has 1 aromatic heterocycles. The van der Waals surface area contributed by atoms with Gasteiger partial charge in [0.2, 0.25) is 0 Å². The van der Waals surface area contributed by atoms with Crippen LogP contribution in [0.3, 0.4) is 0 Å². The van der Waals surface area contributed by atoms with E-state index in [9.17, 15) is 0 Å². The molecule has 1 rings (SSSR count). The fraction of sp³-hybridized carbons (Fsp3) is 0.667. The molecule has 0 spiro atoms. The smallest absolute Gasteiger partial charge is 0.0782 e. The fourth-order valence-corrected chi connectivity index (χ4v) is 1.63. The van der Waals surface area contributed by atoms with Gasteiger partial charge in [-0.25, -0.2) is 0 Å². The molecule has 2 unspecified atom stereocenters. The molecule has 4 heteroatoms. The molecule has 1 heterocycles. The van der Waals surface area contributed by atoms with Gasteiger partial charge < -0.3 is 10.1 Å². The minimum absolute atomic E-state index is 0.205. The van der Waals surface area contributed by atoms with E-state index in [-0.39, 0.29) is 12.1 Å². The maximum Gasteiger partial charge on any atom is 0.0782 e. The number of rotatable bonds is 6. The zero-order valence-electron chi connectivity index (χ0n) is 10.5. The number of ether oxygens (including phenoxy) is 1. The third-order valence-electron chi connectivity index (χ3n) is 2.49. The van der Waals surface area contributed by atoms with E-state index < -0.39 is 0 Å². The summed E-state index contributed by atoms with van der Waals surface area (Å²) in [6.07, 6.45) is 3.67. The Balaban J connectivity index is 2.46. The minimum Gasteiger partial charge on any atom is -0.377 e. The molecule has 90 valence electrons. The van der Waals surface area contributed by atoms with Crippen molar-refractivity contribution in [2.24, 2.45) is 0 Å². The molecule has 0 aromatic carbocycles. The number of aryl methyl sites for hydroxylation is 1. The predicted octanol–water partition coefficient (Wildman–Crippen LogP) is 1.86. The first kappa shape index (κ1) is 13.1. The van der Waals surface area contributed by atoms with Crippen LogP contribution >= 0.6 is 0 Å². The van der Waals surface area contributed by atoms with Crippen molar-refractivity contribution in [3.63, 3.8) is 0 Å². The molecule has 2 atom stereocenters. The average molecular weight is 223 g/mol. The van der Waals surface area contributed by atoms with Gasteiger partial charge in [0.15, 0.2) is 0 Å². The highest BCUT2D eigenvalue weighted by Gasteiger charge is 2.11. The molecule has 0 bridgehead atoms. The third kappa shape index (κ3) is 3.87. The standard InChI is InChI=1S/C12H21N3O/c1-5-16-9(2)8-15-11(4)12-10(3)13-6-7-14-12/h6-7,9,11,15H,5,8H2,1-4H3. The van der Waals surface area contributed by atoms with Crippen molar-refractivity contribution in [3.8, 4) is 0 Å². The van der Waals surface area contributed by atoms with Crippen LogP contribution in [0.15, 0.2) is 12.4 Å². The zero-order valence-corrected chi connectivity index (χ0v) is 10.5. The lowest BCUT2D eigenvalue weighted by Gasteiger charge is -2.18. The van der Waals surface area contributed by atoms with E-state index in [0.717, 1.165) is 24.5 Å². The molecule has 1 N–H and O–H groups in total. The Kier molecular flexibility index (Phi) is 5.35. The summed E-state index contributed by atoms with van der Waals surface area (Å²) in [5, 5.41) is 3.40. The first-order chi connectivity index (χ1) is 7.65. The van der Waals surface area contributed by atoms with Crippen LogP contribution in [0, 0.1) is 6.92 Å². The summed E-state index contributed by atoms with van der Waals surface area (Å²) < 4.78 is 5.46. The van der Waals surface area contributed by atoms with Gasteiger partial charge in [0.1, 0.15) is 0 Å². The zero-order chi connectivity index (χ0) is 12.0. The third-order valence-corrected chi connectivity index (χ3v) is 2.49. The van der Waals surface area contributed by atoms with E-state index in [1.807, 2.05) is 13.8 Å². The average Bonchev–Trinajstić information content (AvgIpc) is 2.27. The summed E-state index contributed by atoms with van der Waals surface area (Å²) in [5.74, 6) is 0. The molecule has 0 aliphatic carbocycles. The molecule has 16 heavy (non-hydrogen) atoms. The van der Waals surface area contributed by atoms with Crippen LogP contribution in [0.4, 0.5) is 0 Å². The first-order valence-corrected chi connectivity index (χ1v) is 5.77. The largest absolute Gasteiger partial charge is 0.377 e. The summed E-state index contributed by atoms with van der Waals surface area (Å²) >= 11 is 0. The van der Waals surface area contributed by atoms with E-state index in [1.54, 1.807) is 12.4 Å². The predicted molar refractivity (Wildman–Crippen MR) is 64.3 cm³/mol. The van der Waals surface area contributed by atoms with Crippen molar-refractivity contribution >= 4 is 0 Å². The molecule has 0 amide bonds. The Morgan fingerprint density at radius 2 is 2.00 bits per heavy atom. The maximum atomic E-state index is 5.46. The summed E-state index contributed by atoms with van der Waals surface area (Å²) in [5.41, 5.74) is 1.98. The van der Waals surface area contributed by atoms with E-state index in [1.165, 1.54) is 0 Å². The SMILES string of the molecule is CCOC(C)CNC(C)c1nccnc1C. The second kappa shape index (κ2) is 6.55. The molecule has 4 nitrogen and oxygen atoms in total. The van der Waals surface area contributed by atoms with Gasteiger partial charge in [-0.05, 0) is 27.7 Å². The van der Waals surface area contributed by atoms with Crippen LogP contribution in [0.5, 0.6) is 0 Å². The Bertz CT molecular complexity index is 317. The maximum absolute atomic E-state index is 5.46. The molecule has 1 aromatic rings. The van der Waals surface area contributed by atoms with Crippen molar-refractivity contribution in [1.29, 1.82) is 0 Å². The monoisotopic (exact) mass is 223 g/mol. The Morgan fingerprint density at radius 3 is 2.62 bits per heavy atom. The summed E-state index contributed by atoms with van der Waals surface area (Å²) in [4.78, 5) is 8.57. The highest BCUT2D eigenvalue weighted by Crippen LogP contribution is 2.11. The number of hydrogen-bond donors (Lipinski definition) is 1. The molecular weight excluding hydrogens is 202 g/mol. The van der Waals surface area contributed by atoms with Crippen LogP contribution < -0.4 is 5.32 Å². The van der Waals surface area contributed by atoms with E-state index in [4.69, 9.17) is 4.74 Å². The Morgan fingerprint density at radius 1 is 1.31 bits per heavy atom. The van der Waals surface area contributed by atoms with Crippen molar-refractivity contribution in [2.75, 3.05) is 13.2 Å². The van der Waals surface area contributed by atoms with Crippen molar-refractivity contribution in [1.82, 2.24) is 15.3 Å². The molecule has 0 fully saturated rings. The van der Waals surface area contributed by atoms with Crippen LogP contribution in [0.2, 0.25) is 0 Å². The minimum atomic E-state index is 0.205. The molecule has 0 radical (unpaired) electrons. The van der Waals surface area contributed by atoms with Crippen molar-refractivity contribution in [2.45, 2.75) is 39.8 Å². The lowest BCUT2D eigenvalue weighted by Crippen LogP contribution is -2.30. The number of aromatic nitrogens is 2. The van der Waals surface area contributed by atoms with Gasteiger partial charge >= 0.3 is 0 Å².